The molecular formula is C29H35BN6O4. The number of nitriles is 1. The first-order chi connectivity index (χ1) is 19.0. The molecule has 0 saturated carbocycles. The first-order valence-electron chi connectivity index (χ1n) is 13.2. The predicted octanol–water partition coefficient (Wildman–Crippen LogP) is 3.10. The second kappa shape index (κ2) is 13.1. The molecule has 5 N–H and O–H groups in total. The van der Waals surface area contributed by atoms with Crippen molar-refractivity contribution in [3.63, 3.8) is 0 Å². The molecule has 10 nitrogen and oxygen atoms in total. The lowest BCUT2D eigenvalue weighted by atomic mass is 9.62. The number of aromatic nitrogens is 2. The largest absolute Gasteiger partial charge is 0.493 e. The van der Waals surface area contributed by atoms with Crippen LogP contribution in [0.5, 0.6) is 5.75 Å². The number of amides is 1. The normalized spacial score (nSPS) is 12.1. The number of aromatic amines is 1. The highest BCUT2D eigenvalue weighted by molar-refractivity contribution is 6.54. The zero-order valence-corrected chi connectivity index (χ0v) is 23.6. The number of benzene rings is 2. The molecule has 1 unspecified atom stereocenters. The average Bonchev–Trinajstić information content (AvgIpc) is 2.92. The van der Waals surface area contributed by atoms with Gasteiger partial charge in [0, 0.05) is 12.7 Å². The summed E-state index contributed by atoms with van der Waals surface area (Å²) in [5.41, 5.74) is 1.78. The molecule has 0 saturated heterocycles. The van der Waals surface area contributed by atoms with Crippen LogP contribution >= 0.6 is 0 Å². The molecule has 208 valence electrons. The maximum absolute atomic E-state index is 12.9. The molecule has 1 aromatic heterocycles. The standard InChI is InChI=1S/C29H35BN6O4/c1-6-8-22(32)24-25(33-5)27(37)36-26(35-24)21-14-19(10-12-23(21)40-7-2)30-16-29(4,39)28(38)34-20-11-9-18(15-31)17(3)13-20/h9-14,30,32-33,39H,6-8,16H2,1-5H3,(H,34,38)(H,35,36,37). The van der Waals surface area contributed by atoms with Crippen LogP contribution < -0.4 is 26.4 Å². The highest BCUT2D eigenvalue weighted by Gasteiger charge is 2.30. The maximum Gasteiger partial charge on any atom is 0.275 e. The van der Waals surface area contributed by atoms with Crippen LogP contribution in [0.25, 0.3) is 11.4 Å². The predicted molar refractivity (Wildman–Crippen MR) is 159 cm³/mol. The topological polar surface area (TPSA) is 164 Å². The molecule has 3 aromatic rings. The summed E-state index contributed by atoms with van der Waals surface area (Å²) in [6.07, 6.45) is 1.34. The van der Waals surface area contributed by atoms with Crippen molar-refractivity contribution in [2.24, 2.45) is 0 Å². The minimum absolute atomic E-state index is 0.122. The summed E-state index contributed by atoms with van der Waals surface area (Å²) in [6, 6.07) is 12.4. The zero-order chi connectivity index (χ0) is 29.4. The smallest absolute Gasteiger partial charge is 0.275 e. The minimum Gasteiger partial charge on any atom is -0.493 e. The molecule has 40 heavy (non-hydrogen) atoms. The molecule has 2 aromatic carbocycles. The Kier molecular flexibility index (Phi) is 9.85. The van der Waals surface area contributed by atoms with Gasteiger partial charge in [0.15, 0.2) is 7.28 Å². The summed E-state index contributed by atoms with van der Waals surface area (Å²) < 4.78 is 5.80. The first kappa shape index (κ1) is 30.1. The number of anilines is 2. The van der Waals surface area contributed by atoms with Crippen LogP contribution in [-0.4, -0.2) is 53.2 Å². The number of ether oxygens (including phenoxy) is 1. The number of H-pyrrole nitrogens is 1. The van der Waals surface area contributed by atoms with Gasteiger partial charge in [-0.3, -0.25) is 9.59 Å². The van der Waals surface area contributed by atoms with Gasteiger partial charge in [0.2, 0.25) is 0 Å². The number of nitrogens with one attached hydrogen (secondary N) is 4. The number of nitrogens with zero attached hydrogens (tertiary/aromatic N) is 2. The van der Waals surface area contributed by atoms with Gasteiger partial charge in [-0.2, -0.15) is 5.26 Å². The number of rotatable bonds is 12. The van der Waals surface area contributed by atoms with E-state index >= 15 is 0 Å². The molecule has 1 heterocycles. The van der Waals surface area contributed by atoms with Crippen LogP contribution in [-0.2, 0) is 4.79 Å². The number of carbonyl (C=O) groups is 1. The summed E-state index contributed by atoms with van der Waals surface area (Å²) in [6.45, 7) is 7.44. The van der Waals surface area contributed by atoms with Gasteiger partial charge >= 0.3 is 0 Å². The van der Waals surface area contributed by atoms with E-state index < -0.39 is 17.1 Å². The molecular weight excluding hydrogens is 507 g/mol. The Labute approximate surface area is 234 Å². The quantitative estimate of drug-likeness (QED) is 0.173. The molecule has 3 rings (SSSR count). The lowest BCUT2D eigenvalue weighted by Crippen LogP contribution is -2.42. The molecule has 1 atom stereocenters. The summed E-state index contributed by atoms with van der Waals surface area (Å²) in [7, 11) is 1.97. The second-order valence-corrected chi connectivity index (χ2v) is 9.75. The van der Waals surface area contributed by atoms with E-state index in [2.05, 4.69) is 26.7 Å². The van der Waals surface area contributed by atoms with Crippen molar-refractivity contribution >= 4 is 35.7 Å². The number of hydrogen-bond acceptors (Lipinski definition) is 8. The van der Waals surface area contributed by atoms with Crippen molar-refractivity contribution in [3.8, 4) is 23.2 Å². The van der Waals surface area contributed by atoms with Gasteiger partial charge in [-0.15, -0.1) is 0 Å². The third-order valence-electron chi connectivity index (χ3n) is 6.55. The van der Waals surface area contributed by atoms with Crippen molar-refractivity contribution < 1.29 is 14.6 Å². The molecule has 0 bridgehead atoms. The van der Waals surface area contributed by atoms with Crippen molar-refractivity contribution in [3.05, 3.63) is 63.6 Å². The number of hydrogen-bond donors (Lipinski definition) is 5. The van der Waals surface area contributed by atoms with Crippen molar-refractivity contribution in [2.75, 3.05) is 24.3 Å². The minimum atomic E-state index is -1.68. The molecule has 0 radical (unpaired) electrons. The van der Waals surface area contributed by atoms with Crippen LogP contribution in [0, 0.1) is 23.7 Å². The second-order valence-electron chi connectivity index (χ2n) is 9.75. The van der Waals surface area contributed by atoms with E-state index in [9.17, 15) is 14.7 Å². The van der Waals surface area contributed by atoms with Gasteiger partial charge in [0.05, 0.1) is 29.5 Å². The van der Waals surface area contributed by atoms with Gasteiger partial charge in [-0.05, 0) is 63.3 Å². The Morgan fingerprint density at radius 1 is 1.27 bits per heavy atom. The molecule has 0 spiro atoms. The van der Waals surface area contributed by atoms with Gasteiger partial charge in [0.1, 0.15) is 28.6 Å². The molecule has 0 aliphatic carbocycles. The van der Waals surface area contributed by atoms with E-state index in [-0.39, 0.29) is 29.2 Å². The summed E-state index contributed by atoms with van der Waals surface area (Å²) in [4.78, 5) is 33.2. The third-order valence-corrected chi connectivity index (χ3v) is 6.55. The number of aryl methyl sites for hydroxylation is 1. The van der Waals surface area contributed by atoms with E-state index in [1.54, 1.807) is 38.2 Å². The molecule has 0 aliphatic heterocycles. The SMILES string of the molecule is CCCC(=N)c1nc(-c2cc(BCC(C)(O)C(=O)Nc3ccc(C#N)c(C)c3)ccc2OCC)[nH]c(=O)c1NC. The van der Waals surface area contributed by atoms with Crippen molar-refractivity contribution in [2.45, 2.75) is 52.5 Å². The lowest BCUT2D eigenvalue weighted by Gasteiger charge is -2.22. The van der Waals surface area contributed by atoms with Gasteiger partial charge in [0.25, 0.3) is 11.5 Å². The van der Waals surface area contributed by atoms with Crippen LogP contribution in [0.4, 0.5) is 11.4 Å². The first-order valence-corrected chi connectivity index (χ1v) is 13.2. The van der Waals surface area contributed by atoms with Crippen LogP contribution in [0.3, 0.4) is 0 Å². The summed E-state index contributed by atoms with van der Waals surface area (Å²) >= 11 is 0. The van der Waals surface area contributed by atoms with Crippen molar-refractivity contribution in [1.82, 2.24) is 9.97 Å². The third kappa shape index (κ3) is 6.95. The average molecular weight is 542 g/mol. The van der Waals surface area contributed by atoms with Crippen LogP contribution in [0.1, 0.15) is 50.4 Å². The van der Waals surface area contributed by atoms with Crippen molar-refractivity contribution in [1.29, 1.82) is 10.7 Å². The van der Waals surface area contributed by atoms with E-state index in [4.69, 9.17) is 15.4 Å². The van der Waals surface area contributed by atoms with E-state index in [1.165, 1.54) is 6.92 Å². The monoisotopic (exact) mass is 542 g/mol. The van der Waals surface area contributed by atoms with Gasteiger partial charge in [-0.25, -0.2) is 4.98 Å². The summed E-state index contributed by atoms with van der Waals surface area (Å²) in [5, 5.41) is 34.1. The molecule has 1 amide bonds. The zero-order valence-electron chi connectivity index (χ0n) is 23.6. The highest BCUT2D eigenvalue weighted by atomic mass is 16.5. The van der Waals surface area contributed by atoms with Gasteiger partial charge < -0.3 is 30.9 Å². The van der Waals surface area contributed by atoms with E-state index in [0.29, 0.717) is 42.9 Å². The fourth-order valence-electron chi connectivity index (χ4n) is 4.25. The Morgan fingerprint density at radius 2 is 2.02 bits per heavy atom. The van der Waals surface area contributed by atoms with Gasteiger partial charge in [-0.1, -0.05) is 30.9 Å². The Morgan fingerprint density at radius 3 is 2.65 bits per heavy atom. The van der Waals surface area contributed by atoms with E-state index in [1.807, 2.05) is 26.0 Å². The molecule has 0 aliphatic rings. The maximum atomic E-state index is 12.9. The van der Waals surface area contributed by atoms with E-state index in [0.717, 1.165) is 17.4 Å². The lowest BCUT2D eigenvalue weighted by molar-refractivity contribution is -0.130. The number of aliphatic hydroxyl groups is 1. The van der Waals surface area contributed by atoms with Crippen LogP contribution in [0.15, 0.2) is 41.2 Å². The number of carbonyl (C=O) groups excluding carboxylic acids is 1. The Bertz CT molecular complexity index is 1510. The fourth-order valence-corrected chi connectivity index (χ4v) is 4.25. The summed E-state index contributed by atoms with van der Waals surface area (Å²) in [5.74, 6) is 0.224. The van der Waals surface area contributed by atoms with Crippen LogP contribution in [0.2, 0.25) is 6.32 Å². The Hall–Kier alpha value is -4.43. The highest BCUT2D eigenvalue weighted by Crippen LogP contribution is 2.28. The Balaban J connectivity index is 1.88. The molecule has 11 heteroatoms. The molecule has 0 fully saturated rings. The fraction of sp³-hybridized carbons (Fsp3) is 0.345.